The number of hydrogen-bond donors (Lipinski definition) is 1. The van der Waals surface area contributed by atoms with E-state index in [4.69, 9.17) is 0 Å². The van der Waals surface area contributed by atoms with E-state index >= 15 is 0 Å². The van der Waals surface area contributed by atoms with E-state index < -0.39 is 0 Å². The zero-order valence-electron chi connectivity index (χ0n) is 9.50. The van der Waals surface area contributed by atoms with Gasteiger partial charge in [-0.15, -0.1) is 0 Å². The first kappa shape index (κ1) is 10.5. The van der Waals surface area contributed by atoms with Crippen molar-refractivity contribution in [3.63, 3.8) is 0 Å². The molecule has 0 spiro atoms. The first-order valence-corrected chi connectivity index (χ1v) is 5.95. The number of anilines is 1. The second kappa shape index (κ2) is 5.17. The van der Waals surface area contributed by atoms with Gasteiger partial charge < -0.3 is 10.2 Å². The fourth-order valence-electron chi connectivity index (χ4n) is 2.08. The quantitative estimate of drug-likeness (QED) is 0.793. The van der Waals surface area contributed by atoms with Gasteiger partial charge in [0, 0.05) is 25.3 Å². The summed E-state index contributed by atoms with van der Waals surface area (Å²) >= 11 is 0. The Kier molecular flexibility index (Phi) is 3.62. The SMILES string of the molecule is CCc1cccc(N2CCCNCC2)c1. The van der Waals surface area contributed by atoms with Crippen molar-refractivity contribution in [1.29, 1.82) is 0 Å². The third kappa shape index (κ3) is 2.72. The standard InChI is InChI=1S/C13H20N2/c1-2-12-5-3-6-13(11-12)15-9-4-7-14-8-10-15/h3,5-6,11,14H,2,4,7-10H2,1H3. The van der Waals surface area contributed by atoms with Crippen molar-refractivity contribution in [3.8, 4) is 0 Å². The molecule has 1 N–H and O–H groups in total. The summed E-state index contributed by atoms with van der Waals surface area (Å²) in [5.74, 6) is 0. The Morgan fingerprint density at radius 2 is 2.20 bits per heavy atom. The van der Waals surface area contributed by atoms with Crippen LogP contribution in [0.25, 0.3) is 0 Å². The molecular formula is C13H20N2. The zero-order valence-corrected chi connectivity index (χ0v) is 9.50. The summed E-state index contributed by atoms with van der Waals surface area (Å²) in [6.45, 7) is 6.79. The molecule has 0 saturated carbocycles. The van der Waals surface area contributed by atoms with Gasteiger partial charge in [-0.25, -0.2) is 0 Å². The van der Waals surface area contributed by atoms with Crippen LogP contribution in [0.5, 0.6) is 0 Å². The molecule has 1 fully saturated rings. The molecule has 0 bridgehead atoms. The average Bonchev–Trinajstić information content (AvgIpc) is 2.58. The van der Waals surface area contributed by atoms with Gasteiger partial charge in [0.05, 0.1) is 0 Å². The Labute approximate surface area is 92.3 Å². The topological polar surface area (TPSA) is 15.3 Å². The van der Waals surface area contributed by atoms with Crippen molar-refractivity contribution in [1.82, 2.24) is 5.32 Å². The van der Waals surface area contributed by atoms with Crippen molar-refractivity contribution in [2.75, 3.05) is 31.1 Å². The van der Waals surface area contributed by atoms with Crippen LogP contribution in [-0.2, 0) is 6.42 Å². The van der Waals surface area contributed by atoms with Crippen LogP contribution in [0.4, 0.5) is 5.69 Å². The van der Waals surface area contributed by atoms with Crippen molar-refractivity contribution in [2.24, 2.45) is 0 Å². The Hall–Kier alpha value is -1.02. The van der Waals surface area contributed by atoms with Gasteiger partial charge >= 0.3 is 0 Å². The molecule has 1 heterocycles. The molecule has 0 aliphatic carbocycles. The molecule has 1 aliphatic heterocycles. The lowest BCUT2D eigenvalue weighted by Gasteiger charge is -2.22. The third-order valence-electron chi connectivity index (χ3n) is 3.02. The molecule has 1 aliphatic rings. The second-order valence-electron chi connectivity index (χ2n) is 4.11. The van der Waals surface area contributed by atoms with E-state index in [-0.39, 0.29) is 0 Å². The molecule has 2 heteroatoms. The summed E-state index contributed by atoms with van der Waals surface area (Å²) in [5, 5.41) is 3.43. The van der Waals surface area contributed by atoms with E-state index in [9.17, 15) is 0 Å². The maximum Gasteiger partial charge on any atom is 0.0369 e. The van der Waals surface area contributed by atoms with Crippen LogP contribution in [0.2, 0.25) is 0 Å². The van der Waals surface area contributed by atoms with Crippen LogP contribution >= 0.6 is 0 Å². The molecule has 1 aromatic rings. The predicted molar refractivity (Wildman–Crippen MR) is 65.5 cm³/mol. The van der Waals surface area contributed by atoms with Crippen LogP contribution < -0.4 is 10.2 Å². The predicted octanol–water partition coefficient (Wildman–Crippen LogP) is 2.05. The molecule has 0 unspecified atom stereocenters. The van der Waals surface area contributed by atoms with Gasteiger partial charge in [0.1, 0.15) is 0 Å². The molecule has 2 rings (SSSR count). The number of nitrogens with one attached hydrogen (secondary N) is 1. The lowest BCUT2D eigenvalue weighted by atomic mass is 10.1. The number of rotatable bonds is 2. The van der Waals surface area contributed by atoms with Gasteiger partial charge in [0.2, 0.25) is 0 Å². The van der Waals surface area contributed by atoms with Gasteiger partial charge in [-0.3, -0.25) is 0 Å². The molecule has 1 aromatic carbocycles. The maximum atomic E-state index is 3.43. The highest BCUT2D eigenvalue weighted by Crippen LogP contribution is 2.17. The van der Waals surface area contributed by atoms with Gasteiger partial charge in [0.15, 0.2) is 0 Å². The molecule has 0 atom stereocenters. The summed E-state index contributed by atoms with van der Waals surface area (Å²) in [6, 6.07) is 8.93. The van der Waals surface area contributed by atoms with E-state index in [1.165, 1.54) is 24.2 Å². The first-order chi connectivity index (χ1) is 7.40. The number of aryl methyl sites for hydroxylation is 1. The van der Waals surface area contributed by atoms with Gasteiger partial charge in [-0.2, -0.15) is 0 Å². The minimum absolute atomic E-state index is 1.11. The van der Waals surface area contributed by atoms with E-state index in [1.807, 2.05) is 0 Å². The average molecular weight is 204 g/mol. The summed E-state index contributed by atoms with van der Waals surface area (Å²) < 4.78 is 0. The van der Waals surface area contributed by atoms with Crippen LogP contribution in [-0.4, -0.2) is 26.2 Å². The minimum atomic E-state index is 1.11. The van der Waals surface area contributed by atoms with Crippen LogP contribution in [0.3, 0.4) is 0 Å². The van der Waals surface area contributed by atoms with Crippen molar-refractivity contribution in [3.05, 3.63) is 29.8 Å². The van der Waals surface area contributed by atoms with E-state index in [0.717, 1.165) is 26.1 Å². The van der Waals surface area contributed by atoms with E-state index in [2.05, 4.69) is 41.4 Å². The Balaban J connectivity index is 2.12. The molecule has 15 heavy (non-hydrogen) atoms. The van der Waals surface area contributed by atoms with Crippen molar-refractivity contribution >= 4 is 5.69 Å². The molecular weight excluding hydrogens is 184 g/mol. The van der Waals surface area contributed by atoms with Crippen LogP contribution in [0.1, 0.15) is 18.9 Å². The normalized spacial score (nSPS) is 17.5. The van der Waals surface area contributed by atoms with E-state index in [1.54, 1.807) is 0 Å². The highest BCUT2D eigenvalue weighted by atomic mass is 15.2. The first-order valence-electron chi connectivity index (χ1n) is 5.95. The fraction of sp³-hybridized carbons (Fsp3) is 0.538. The monoisotopic (exact) mass is 204 g/mol. The number of nitrogens with zero attached hydrogens (tertiary/aromatic N) is 1. The molecule has 0 aromatic heterocycles. The molecule has 1 saturated heterocycles. The van der Waals surface area contributed by atoms with Gasteiger partial charge in [0.25, 0.3) is 0 Å². The number of hydrogen-bond acceptors (Lipinski definition) is 2. The van der Waals surface area contributed by atoms with Gasteiger partial charge in [-0.05, 0) is 37.1 Å². The number of benzene rings is 1. The summed E-state index contributed by atoms with van der Waals surface area (Å²) in [6.07, 6.45) is 2.37. The lowest BCUT2D eigenvalue weighted by molar-refractivity contribution is 0.724. The molecule has 2 nitrogen and oxygen atoms in total. The smallest absolute Gasteiger partial charge is 0.0369 e. The zero-order chi connectivity index (χ0) is 10.5. The molecule has 0 amide bonds. The highest BCUT2D eigenvalue weighted by Gasteiger charge is 2.08. The van der Waals surface area contributed by atoms with E-state index in [0.29, 0.717) is 0 Å². The Bertz CT molecular complexity index is 301. The van der Waals surface area contributed by atoms with Gasteiger partial charge in [-0.1, -0.05) is 19.1 Å². The van der Waals surface area contributed by atoms with Crippen LogP contribution in [0.15, 0.2) is 24.3 Å². The Morgan fingerprint density at radius 1 is 1.27 bits per heavy atom. The largest absolute Gasteiger partial charge is 0.370 e. The van der Waals surface area contributed by atoms with Crippen molar-refractivity contribution in [2.45, 2.75) is 19.8 Å². The lowest BCUT2D eigenvalue weighted by Crippen LogP contribution is -2.27. The molecule has 0 radical (unpaired) electrons. The summed E-state index contributed by atoms with van der Waals surface area (Å²) in [5.41, 5.74) is 2.82. The highest BCUT2D eigenvalue weighted by molar-refractivity contribution is 5.48. The Morgan fingerprint density at radius 3 is 3.07 bits per heavy atom. The summed E-state index contributed by atoms with van der Waals surface area (Å²) in [4.78, 5) is 2.49. The molecule has 82 valence electrons. The van der Waals surface area contributed by atoms with Crippen molar-refractivity contribution < 1.29 is 0 Å². The van der Waals surface area contributed by atoms with Crippen LogP contribution in [0, 0.1) is 0 Å². The third-order valence-corrected chi connectivity index (χ3v) is 3.02. The fourth-order valence-corrected chi connectivity index (χ4v) is 2.08. The minimum Gasteiger partial charge on any atom is -0.370 e. The second-order valence-corrected chi connectivity index (χ2v) is 4.11. The summed E-state index contributed by atoms with van der Waals surface area (Å²) in [7, 11) is 0. The maximum absolute atomic E-state index is 3.43.